The number of morpholine rings is 1. The van der Waals surface area contributed by atoms with E-state index in [0.29, 0.717) is 69.4 Å². The van der Waals surface area contributed by atoms with Crippen molar-refractivity contribution in [3.05, 3.63) is 56.5 Å². The molecule has 2 aliphatic heterocycles. The summed E-state index contributed by atoms with van der Waals surface area (Å²) >= 11 is 6.08. The second-order valence-electron chi connectivity index (χ2n) is 8.34. The number of ether oxygens (including phenoxy) is 1. The van der Waals surface area contributed by atoms with Gasteiger partial charge in [-0.2, -0.15) is 0 Å². The molecule has 2 aliphatic rings. The Morgan fingerprint density at radius 2 is 1.91 bits per heavy atom. The van der Waals surface area contributed by atoms with Crippen LogP contribution in [0, 0.1) is 6.92 Å². The number of benzene rings is 1. The van der Waals surface area contributed by atoms with Crippen LogP contribution in [0.4, 0.5) is 5.95 Å². The molecule has 1 N–H and O–H groups in total. The molecule has 0 atom stereocenters. The highest BCUT2D eigenvalue weighted by atomic mass is 35.5. The van der Waals surface area contributed by atoms with Gasteiger partial charge in [0.05, 0.1) is 13.2 Å². The molecule has 4 rings (SSSR count). The number of aromatic nitrogens is 2. The van der Waals surface area contributed by atoms with Crippen molar-refractivity contribution in [1.82, 2.24) is 19.8 Å². The predicted molar refractivity (Wildman–Crippen MR) is 124 cm³/mol. The zero-order valence-corrected chi connectivity index (χ0v) is 19.2. The fraction of sp³-hybridized carbons (Fsp3) is 0.522. The van der Waals surface area contributed by atoms with Gasteiger partial charge in [-0.15, -0.1) is 0 Å². The molecular formula is C23H30ClN5O3. The van der Waals surface area contributed by atoms with E-state index in [-0.39, 0.29) is 11.5 Å². The monoisotopic (exact) mass is 459 g/mol. The van der Waals surface area contributed by atoms with Crippen molar-refractivity contribution in [2.24, 2.45) is 0 Å². The first-order chi connectivity index (χ1) is 15.5. The third-order valence-electron chi connectivity index (χ3n) is 6.13. The van der Waals surface area contributed by atoms with E-state index in [2.05, 4.69) is 20.9 Å². The van der Waals surface area contributed by atoms with Crippen molar-refractivity contribution in [1.29, 1.82) is 0 Å². The first-order valence-electron chi connectivity index (χ1n) is 11.2. The van der Waals surface area contributed by atoms with Gasteiger partial charge in [0, 0.05) is 68.5 Å². The molecule has 2 saturated heterocycles. The molecule has 1 amide bonds. The maximum Gasteiger partial charge on any atom is 0.255 e. The molecular weight excluding hydrogens is 430 g/mol. The van der Waals surface area contributed by atoms with Gasteiger partial charge in [-0.1, -0.05) is 23.7 Å². The molecule has 2 fully saturated rings. The number of H-pyrrole nitrogens is 1. The maximum absolute atomic E-state index is 12.8. The highest BCUT2D eigenvalue weighted by Gasteiger charge is 2.22. The number of nitrogens with one attached hydrogen (secondary N) is 1. The van der Waals surface area contributed by atoms with Crippen molar-refractivity contribution in [2.45, 2.75) is 26.3 Å². The second-order valence-corrected chi connectivity index (χ2v) is 8.78. The predicted octanol–water partition coefficient (Wildman–Crippen LogP) is 1.85. The third-order valence-corrected chi connectivity index (χ3v) is 6.36. The van der Waals surface area contributed by atoms with Gasteiger partial charge in [0.1, 0.15) is 0 Å². The molecule has 0 unspecified atom stereocenters. The number of piperazine rings is 1. The van der Waals surface area contributed by atoms with Crippen LogP contribution in [-0.2, 0) is 22.5 Å². The topological polar surface area (TPSA) is 81.8 Å². The Labute approximate surface area is 193 Å². The number of halogens is 1. The number of nitrogens with zero attached hydrogens (tertiary/aromatic N) is 4. The fourth-order valence-electron chi connectivity index (χ4n) is 4.25. The minimum absolute atomic E-state index is 0.0865. The quantitative estimate of drug-likeness (QED) is 0.710. The summed E-state index contributed by atoms with van der Waals surface area (Å²) in [6, 6.07) is 7.89. The molecule has 2 aromatic rings. The van der Waals surface area contributed by atoms with Gasteiger partial charge in [0.15, 0.2) is 0 Å². The van der Waals surface area contributed by atoms with Crippen molar-refractivity contribution < 1.29 is 9.53 Å². The zero-order chi connectivity index (χ0) is 22.5. The van der Waals surface area contributed by atoms with Crippen LogP contribution in [0.5, 0.6) is 0 Å². The van der Waals surface area contributed by atoms with Gasteiger partial charge in [-0.05, 0) is 31.0 Å². The lowest BCUT2D eigenvalue weighted by molar-refractivity contribution is -0.133. The lowest BCUT2D eigenvalue weighted by Crippen LogP contribution is -2.48. The van der Waals surface area contributed by atoms with Crippen LogP contribution in [0.25, 0.3) is 0 Å². The minimum atomic E-state index is -0.155. The average molecular weight is 460 g/mol. The fourth-order valence-corrected chi connectivity index (χ4v) is 4.47. The molecule has 9 heteroatoms. The van der Waals surface area contributed by atoms with E-state index < -0.39 is 0 Å². The number of hydrogen-bond donors (Lipinski definition) is 1. The Hall–Kier alpha value is -2.42. The second kappa shape index (κ2) is 10.5. The standard InChI is InChI=1S/C23H30ClN5O3/c1-17-20(22(31)26-23(25-17)29-11-13-32-14-12-29)5-6-21(30)28-9-7-27(8-10-28)16-18-3-2-4-19(24)15-18/h2-4,15H,5-14,16H2,1H3,(H,25,26,31). The van der Waals surface area contributed by atoms with Gasteiger partial charge >= 0.3 is 0 Å². The Bertz CT molecular complexity index is 997. The molecule has 8 nitrogen and oxygen atoms in total. The van der Waals surface area contributed by atoms with E-state index in [1.807, 2.05) is 34.9 Å². The molecule has 0 spiro atoms. The minimum Gasteiger partial charge on any atom is -0.378 e. The summed E-state index contributed by atoms with van der Waals surface area (Å²) in [5.74, 6) is 0.671. The summed E-state index contributed by atoms with van der Waals surface area (Å²) in [7, 11) is 0. The van der Waals surface area contributed by atoms with Crippen molar-refractivity contribution in [3.8, 4) is 0 Å². The first kappa shape index (κ1) is 22.8. The smallest absolute Gasteiger partial charge is 0.255 e. The number of aryl methyl sites for hydroxylation is 1. The van der Waals surface area contributed by atoms with Crippen LogP contribution in [-0.4, -0.2) is 78.2 Å². The number of carbonyl (C=O) groups excluding carboxylic acids is 1. The number of aromatic amines is 1. The molecule has 0 radical (unpaired) electrons. The Morgan fingerprint density at radius 1 is 1.16 bits per heavy atom. The number of carbonyl (C=O) groups is 1. The first-order valence-corrected chi connectivity index (χ1v) is 11.5. The van der Waals surface area contributed by atoms with E-state index in [1.54, 1.807) is 0 Å². The number of hydrogen-bond acceptors (Lipinski definition) is 6. The highest BCUT2D eigenvalue weighted by Crippen LogP contribution is 2.15. The summed E-state index contributed by atoms with van der Waals surface area (Å²) in [5.41, 5.74) is 2.31. The van der Waals surface area contributed by atoms with Gasteiger partial charge in [-0.25, -0.2) is 4.98 Å². The summed E-state index contributed by atoms with van der Waals surface area (Å²) < 4.78 is 5.36. The number of anilines is 1. The van der Waals surface area contributed by atoms with Crippen LogP contribution < -0.4 is 10.5 Å². The van der Waals surface area contributed by atoms with Crippen LogP contribution in [0.15, 0.2) is 29.1 Å². The zero-order valence-electron chi connectivity index (χ0n) is 18.5. The highest BCUT2D eigenvalue weighted by molar-refractivity contribution is 6.30. The van der Waals surface area contributed by atoms with E-state index in [0.717, 1.165) is 24.7 Å². The Balaban J connectivity index is 1.28. The molecule has 0 bridgehead atoms. The van der Waals surface area contributed by atoms with E-state index in [9.17, 15) is 9.59 Å². The molecule has 1 aromatic heterocycles. The van der Waals surface area contributed by atoms with Crippen LogP contribution in [0.2, 0.25) is 5.02 Å². The summed E-state index contributed by atoms with van der Waals surface area (Å²) in [5, 5.41) is 0.745. The average Bonchev–Trinajstić information content (AvgIpc) is 2.79. The third kappa shape index (κ3) is 5.68. The normalized spacial score (nSPS) is 17.6. The van der Waals surface area contributed by atoms with Crippen LogP contribution >= 0.6 is 11.6 Å². The largest absolute Gasteiger partial charge is 0.378 e. The lowest BCUT2D eigenvalue weighted by atomic mass is 10.1. The molecule has 3 heterocycles. The summed E-state index contributed by atoms with van der Waals surface area (Å²) in [6.07, 6.45) is 0.718. The van der Waals surface area contributed by atoms with E-state index in [4.69, 9.17) is 16.3 Å². The Kier molecular flexibility index (Phi) is 7.44. The molecule has 1 aromatic carbocycles. The number of rotatable bonds is 6. The van der Waals surface area contributed by atoms with Gasteiger partial charge in [0.25, 0.3) is 5.56 Å². The van der Waals surface area contributed by atoms with Crippen molar-refractivity contribution in [3.63, 3.8) is 0 Å². The van der Waals surface area contributed by atoms with Gasteiger partial charge in [-0.3, -0.25) is 19.5 Å². The molecule has 32 heavy (non-hydrogen) atoms. The summed E-state index contributed by atoms with van der Waals surface area (Å²) in [4.78, 5) is 39.1. The van der Waals surface area contributed by atoms with Crippen LogP contribution in [0.1, 0.15) is 23.2 Å². The van der Waals surface area contributed by atoms with E-state index in [1.165, 1.54) is 5.56 Å². The SMILES string of the molecule is Cc1nc(N2CCOCC2)[nH]c(=O)c1CCC(=O)N1CCN(Cc2cccc(Cl)c2)CC1. The van der Waals surface area contributed by atoms with Crippen molar-refractivity contribution >= 4 is 23.5 Å². The summed E-state index contributed by atoms with van der Waals surface area (Å²) in [6.45, 7) is 8.41. The maximum atomic E-state index is 12.8. The van der Waals surface area contributed by atoms with E-state index >= 15 is 0 Å². The number of amides is 1. The van der Waals surface area contributed by atoms with Crippen LogP contribution in [0.3, 0.4) is 0 Å². The lowest BCUT2D eigenvalue weighted by Gasteiger charge is -2.35. The van der Waals surface area contributed by atoms with Gasteiger partial charge < -0.3 is 14.5 Å². The van der Waals surface area contributed by atoms with Gasteiger partial charge in [0.2, 0.25) is 11.9 Å². The van der Waals surface area contributed by atoms with Crippen molar-refractivity contribution in [2.75, 3.05) is 57.4 Å². The molecule has 172 valence electrons. The molecule has 0 saturated carbocycles. The molecule has 0 aliphatic carbocycles. The Morgan fingerprint density at radius 3 is 2.59 bits per heavy atom.